The topological polar surface area (TPSA) is 93.5 Å². The van der Waals surface area contributed by atoms with Crippen LogP contribution in [0.2, 0.25) is 0 Å². The first-order valence-electron chi connectivity index (χ1n) is 10.4. The lowest BCUT2D eigenvalue weighted by molar-refractivity contribution is 0.167. The van der Waals surface area contributed by atoms with Crippen molar-refractivity contribution in [2.45, 2.75) is 36.8 Å². The standard InChI is InChI=1S/C24H27N3O3S/c1-17(18-5-3-2-4-6-18)26-16-22-12-8-19-7-11-21(15-24(19)30-22)27-31(28,29)23-13-9-20(25)10-14-23/h2-7,9-11,13-15,17,22,26-27H,8,12,16,25H2,1H3. The number of benzene rings is 3. The van der Waals surface area contributed by atoms with Gasteiger partial charge in [0.15, 0.2) is 0 Å². The normalized spacial score (nSPS) is 16.7. The van der Waals surface area contributed by atoms with Crippen LogP contribution in [0.1, 0.15) is 30.5 Å². The zero-order valence-corrected chi connectivity index (χ0v) is 18.2. The Labute approximate surface area is 183 Å². The summed E-state index contributed by atoms with van der Waals surface area (Å²) in [6, 6.07) is 22.1. The molecule has 0 spiro atoms. The number of nitrogens with one attached hydrogen (secondary N) is 2. The molecule has 0 amide bonds. The van der Waals surface area contributed by atoms with Crippen LogP contribution in [0.4, 0.5) is 11.4 Å². The fourth-order valence-corrected chi connectivity index (χ4v) is 4.71. The maximum Gasteiger partial charge on any atom is 0.261 e. The molecule has 2 unspecified atom stereocenters. The van der Waals surface area contributed by atoms with Crippen molar-refractivity contribution in [3.63, 3.8) is 0 Å². The van der Waals surface area contributed by atoms with Crippen molar-refractivity contribution < 1.29 is 13.2 Å². The van der Waals surface area contributed by atoms with Crippen LogP contribution in [0.5, 0.6) is 5.75 Å². The zero-order valence-electron chi connectivity index (χ0n) is 17.4. The summed E-state index contributed by atoms with van der Waals surface area (Å²) < 4.78 is 34.1. The second-order valence-electron chi connectivity index (χ2n) is 7.82. The highest BCUT2D eigenvalue weighted by Gasteiger charge is 2.22. The zero-order chi connectivity index (χ0) is 21.8. The summed E-state index contributed by atoms with van der Waals surface area (Å²) in [6.45, 7) is 2.85. The van der Waals surface area contributed by atoms with Gasteiger partial charge in [0.05, 0.1) is 10.6 Å². The fraction of sp³-hybridized carbons (Fsp3) is 0.250. The van der Waals surface area contributed by atoms with E-state index in [4.69, 9.17) is 10.5 Å². The molecule has 0 fully saturated rings. The summed E-state index contributed by atoms with van der Waals surface area (Å²) >= 11 is 0. The van der Waals surface area contributed by atoms with E-state index in [1.165, 1.54) is 17.7 Å². The van der Waals surface area contributed by atoms with Crippen molar-refractivity contribution >= 4 is 21.4 Å². The molecule has 1 heterocycles. The molecule has 0 saturated heterocycles. The Morgan fingerprint density at radius 3 is 2.55 bits per heavy atom. The third-order valence-electron chi connectivity index (χ3n) is 5.49. The molecule has 1 aliphatic rings. The molecule has 162 valence electrons. The number of hydrogen-bond acceptors (Lipinski definition) is 5. The van der Waals surface area contributed by atoms with Crippen molar-refractivity contribution in [2.24, 2.45) is 0 Å². The van der Waals surface area contributed by atoms with Gasteiger partial charge in [0.2, 0.25) is 0 Å². The van der Waals surface area contributed by atoms with Gasteiger partial charge in [-0.3, -0.25) is 4.72 Å². The summed E-state index contributed by atoms with van der Waals surface area (Å²) in [5.41, 5.74) is 8.96. The fourth-order valence-electron chi connectivity index (χ4n) is 3.66. The molecule has 6 nitrogen and oxygen atoms in total. The minimum Gasteiger partial charge on any atom is -0.489 e. The first kappa shape index (κ1) is 21.2. The van der Waals surface area contributed by atoms with Crippen molar-refractivity contribution in [3.8, 4) is 5.75 Å². The predicted molar refractivity (Wildman–Crippen MR) is 124 cm³/mol. The number of sulfonamides is 1. The van der Waals surface area contributed by atoms with E-state index < -0.39 is 10.0 Å². The third-order valence-corrected chi connectivity index (χ3v) is 6.89. The van der Waals surface area contributed by atoms with E-state index in [-0.39, 0.29) is 17.0 Å². The highest BCUT2D eigenvalue weighted by atomic mass is 32.2. The van der Waals surface area contributed by atoms with Crippen LogP contribution in [0, 0.1) is 0 Å². The molecule has 0 radical (unpaired) electrons. The van der Waals surface area contributed by atoms with E-state index in [0.29, 0.717) is 11.4 Å². The van der Waals surface area contributed by atoms with E-state index in [1.54, 1.807) is 24.3 Å². The average Bonchev–Trinajstić information content (AvgIpc) is 2.78. The van der Waals surface area contributed by atoms with Gasteiger partial charge in [-0.2, -0.15) is 0 Å². The van der Waals surface area contributed by atoms with Gasteiger partial charge in [-0.05, 0) is 61.2 Å². The summed E-state index contributed by atoms with van der Waals surface area (Å²) in [4.78, 5) is 0.164. The number of nitrogen functional groups attached to an aromatic ring is 1. The van der Waals surface area contributed by atoms with Gasteiger partial charge in [-0.1, -0.05) is 36.4 Å². The predicted octanol–water partition coefficient (Wildman–Crippen LogP) is 4.11. The molecular formula is C24H27N3O3S. The van der Waals surface area contributed by atoms with Crippen molar-refractivity contribution in [1.82, 2.24) is 5.32 Å². The highest BCUT2D eigenvalue weighted by Crippen LogP contribution is 2.31. The molecule has 3 aromatic carbocycles. The molecule has 4 N–H and O–H groups in total. The lowest BCUT2D eigenvalue weighted by atomic mass is 10.0. The average molecular weight is 438 g/mol. The Morgan fingerprint density at radius 2 is 1.81 bits per heavy atom. The SMILES string of the molecule is CC(NCC1CCc2ccc(NS(=O)(=O)c3ccc(N)cc3)cc2O1)c1ccccc1. The smallest absolute Gasteiger partial charge is 0.261 e. The second kappa shape index (κ2) is 8.99. The minimum atomic E-state index is -3.70. The van der Waals surface area contributed by atoms with Crippen molar-refractivity contribution in [1.29, 1.82) is 0 Å². The number of aryl methyl sites for hydroxylation is 1. The molecule has 1 aliphatic heterocycles. The first-order valence-corrected chi connectivity index (χ1v) is 11.9. The van der Waals surface area contributed by atoms with E-state index >= 15 is 0 Å². The Morgan fingerprint density at radius 1 is 1.06 bits per heavy atom. The lowest BCUT2D eigenvalue weighted by Gasteiger charge is -2.28. The van der Waals surface area contributed by atoms with Gasteiger partial charge in [-0.25, -0.2) is 8.42 Å². The summed E-state index contributed by atoms with van der Waals surface area (Å²) in [7, 11) is -3.70. The molecule has 0 saturated carbocycles. The highest BCUT2D eigenvalue weighted by molar-refractivity contribution is 7.92. The molecule has 0 aromatic heterocycles. The molecule has 3 aromatic rings. The number of anilines is 2. The van der Waals surface area contributed by atoms with Gasteiger partial charge >= 0.3 is 0 Å². The largest absolute Gasteiger partial charge is 0.489 e. The molecule has 4 rings (SSSR count). The second-order valence-corrected chi connectivity index (χ2v) is 9.50. The first-order chi connectivity index (χ1) is 14.9. The summed E-state index contributed by atoms with van der Waals surface area (Å²) in [6.07, 6.45) is 1.84. The van der Waals surface area contributed by atoms with Gasteiger partial charge in [0.1, 0.15) is 11.9 Å². The van der Waals surface area contributed by atoms with E-state index in [0.717, 1.165) is 30.7 Å². The maximum atomic E-state index is 12.7. The van der Waals surface area contributed by atoms with Crippen LogP contribution >= 0.6 is 0 Å². The summed E-state index contributed by atoms with van der Waals surface area (Å²) in [5, 5.41) is 3.53. The maximum absolute atomic E-state index is 12.7. The number of ether oxygens (including phenoxy) is 1. The number of fused-ring (bicyclic) bond motifs is 1. The number of rotatable bonds is 7. The lowest BCUT2D eigenvalue weighted by Crippen LogP contribution is -2.35. The number of hydrogen-bond donors (Lipinski definition) is 3. The van der Waals surface area contributed by atoms with Crippen LogP contribution in [0.3, 0.4) is 0 Å². The Balaban J connectivity index is 1.41. The Hall–Kier alpha value is -3.03. The van der Waals surface area contributed by atoms with Crippen LogP contribution in [0.25, 0.3) is 0 Å². The van der Waals surface area contributed by atoms with Crippen molar-refractivity contribution in [2.75, 3.05) is 17.0 Å². The Bertz CT molecular complexity index is 1130. The van der Waals surface area contributed by atoms with E-state index in [1.807, 2.05) is 24.3 Å². The van der Waals surface area contributed by atoms with Crippen LogP contribution in [-0.2, 0) is 16.4 Å². The third kappa shape index (κ3) is 5.18. The van der Waals surface area contributed by atoms with Gasteiger partial charge < -0.3 is 15.8 Å². The minimum absolute atomic E-state index is 0.0302. The monoisotopic (exact) mass is 437 g/mol. The molecule has 0 aliphatic carbocycles. The molecule has 7 heteroatoms. The van der Waals surface area contributed by atoms with Crippen LogP contribution in [-0.4, -0.2) is 21.1 Å². The van der Waals surface area contributed by atoms with Gasteiger partial charge in [-0.15, -0.1) is 0 Å². The molecule has 0 bridgehead atoms. The van der Waals surface area contributed by atoms with Gasteiger partial charge in [0, 0.05) is 24.3 Å². The van der Waals surface area contributed by atoms with E-state index in [2.05, 4.69) is 29.1 Å². The van der Waals surface area contributed by atoms with Crippen LogP contribution < -0.4 is 20.5 Å². The van der Waals surface area contributed by atoms with Crippen LogP contribution in [0.15, 0.2) is 77.7 Å². The molecule has 31 heavy (non-hydrogen) atoms. The number of nitrogens with two attached hydrogens (primary N) is 1. The molecule has 2 atom stereocenters. The quantitative estimate of drug-likeness (QED) is 0.484. The molecular weight excluding hydrogens is 410 g/mol. The van der Waals surface area contributed by atoms with E-state index in [9.17, 15) is 8.42 Å². The van der Waals surface area contributed by atoms with Gasteiger partial charge in [0.25, 0.3) is 10.0 Å². The van der Waals surface area contributed by atoms with Crippen molar-refractivity contribution in [3.05, 3.63) is 83.9 Å². The summed E-state index contributed by atoms with van der Waals surface area (Å²) in [5.74, 6) is 0.725. The Kier molecular flexibility index (Phi) is 6.15.